The van der Waals surface area contributed by atoms with Gasteiger partial charge in [0.25, 0.3) is 5.91 Å². The predicted molar refractivity (Wildman–Crippen MR) is 167 cm³/mol. The molecule has 1 atom stereocenters. The van der Waals surface area contributed by atoms with Crippen molar-refractivity contribution in [2.45, 2.75) is 57.8 Å². The van der Waals surface area contributed by atoms with Gasteiger partial charge in [0.15, 0.2) is 0 Å². The number of nitrogens with one attached hydrogen (secondary N) is 1. The number of carbonyl (C=O) groups excluding carboxylic acids is 1. The molecule has 12 heteroatoms. The van der Waals surface area contributed by atoms with Crippen LogP contribution in [0.1, 0.15) is 41.3 Å². The number of aromatic nitrogens is 4. The van der Waals surface area contributed by atoms with Crippen molar-refractivity contribution >= 4 is 31.3 Å². The van der Waals surface area contributed by atoms with E-state index in [4.69, 9.17) is 26.0 Å². The van der Waals surface area contributed by atoms with Crippen molar-refractivity contribution in [3.63, 3.8) is 0 Å². The van der Waals surface area contributed by atoms with Gasteiger partial charge in [0, 0.05) is 38.6 Å². The molecule has 1 aliphatic carbocycles. The zero-order valence-corrected chi connectivity index (χ0v) is 25.7. The number of amides is 1. The molecule has 0 spiro atoms. The van der Waals surface area contributed by atoms with E-state index in [1.807, 2.05) is 0 Å². The summed E-state index contributed by atoms with van der Waals surface area (Å²) in [7, 11) is -1.31. The fraction of sp³-hybridized carbons (Fsp3) is 0.355. The van der Waals surface area contributed by atoms with Gasteiger partial charge in [-0.3, -0.25) is 9.78 Å². The molecule has 1 fully saturated rings. The Labute approximate surface area is 251 Å². The fourth-order valence-corrected chi connectivity index (χ4v) is 5.64. The van der Waals surface area contributed by atoms with Crippen molar-refractivity contribution in [2.75, 3.05) is 17.7 Å². The molecule has 1 aliphatic rings. The van der Waals surface area contributed by atoms with E-state index in [-0.39, 0.29) is 30.1 Å². The Morgan fingerprint density at radius 2 is 1.93 bits per heavy atom. The van der Waals surface area contributed by atoms with Crippen LogP contribution >= 0.6 is 0 Å². The molecule has 5 N–H and O–H groups in total. The second-order valence-electron chi connectivity index (χ2n) is 12.0. The molecule has 0 saturated heterocycles. The van der Waals surface area contributed by atoms with Crippen molar-refractivity contribution in [3.8, 4) is 17.0 Å². The van der Waals surface area contributed by atoms with E-state index in [1.54, 1.807) is 53.6 Å². The Morgan fingerprint density at radius 1 is 1.16 bits per heavy atom. The molecule has 1 saturated carbocycles. The number of primary amides is 1. The number of anilines is 3. The number of hydrogen-bond acceptors (Lipinski definition) is 8. The number of benzene rings is 2. The first-order chi connectivity index (χ1) is 20.6. The molecule has 0 bridgehead atoms. The number of nitrogens with two attached hydrogens (primary N) is 2. The van der Waals surface area contributed by atoms with Crippen LogP contribution in [0.5, 0.6) is 5.75 Å². The van der Waals surface area contributed by atoms with Gasteiger partial charge in [0.05, 0.1) is 11.9 Å². The molecule has 1 unspecified atom stereocenters. The lowest BCUT2D eigenvalue weighted by Gasteiger charge is -2.34. The number of nitrogen functional groups attached to an aromatic ring is 1. The Hall–Kier alpha value is -4.29. The predicted octanol–water partition coefficient (Wildman–Crippen LogP) is 6.14. The minimum absolute atomic E-state index is 0.0972. The average molecular weight is 604 g/mol. The van der Waals surface area contributed by atoms with Crippen LogP contribution in [-0.4, -0.2) is 40.3 Å². The molecule has 226 valence electrons. The van der Waals surface area contributed by atoms with Gasteiger partial charge < -0.3 is 26.3 Å². The topological polar surface area (TPSA) is 143 Å². The zero-order chi connectivity index (χ0) is 30.6. The lowest BCUT2D eigenvalue weighted by atomic mass is 9.78. The quantitative estimate of drug-likeness (QED) is 0.0940. The van der Waals surface area contributed by atoms with Gasteiger partial charge in [-0.2, -0.15) is 5.10 Å². The van der Waals surface area contributed by atoms with Crippen LogP contribution < -0.4 is 21.5 Å². The molecule has 0 radical (unpaired) electrons. The normalized spacial score (nSPS) is 14.2. The average Bonchev–Trinajstić information content (AvgIpc) is 3.29. The summed E-state index contributed by atoms with van der Waals surface area (Å²) in [5, 5.41) is 7.92. The standard InChI is InChI=1S/C31H38FN7O3Si/c1-43(2,3)16-15-41-19-39-31(37-26-18-35-13-14-36-26)27(30(34)40)28(38-39)22-9-12-24(33)25(17-22)42-29(20-5-4-6-20)21-7-10-23(32)11-8-21/h7-14,17-18,20,29H,4-6,15-16,19,33H2,1-3H3,(H2,34,40)(H,36,37). The summed E-state index contributed by atoms with van der Waals surface area (Å²) in [5.41, 5.74) is 14.7. The summed E-state index contributed by atoms with van der Waals surface area (Å²) < 4.78 is 27.8. The van der Waals surface area contributed by atoms with Crippen molar-refractivity contribution in [3.05, 3.63) is 78.0 Å². The van der Waals surface area contributed by atoms with Crippen molar-refractivity contribution in [1.82, 2.24) is 19.7 Å². The van der Waals surface area contributed by atoms with Gasteiger partial charge in [-0.1, -0.05) is 44.3 Å². The minimum Gasteiger partial charge on any atom is -0.483 e. The van der Waals surface area contributed by atoms with Gasteiger partial charge in [0.1, 0.15) is 47.3 Å². The van der Waals surface area contributed by atoms with Crippen LogP contribution in [0.3, 0.4) is 0 Å². The summed E-state index contributed by atoms with van der Waals surface area (Å²) in [6.07, 6.45) is 7.47. The fourth-order valence-electron chi connectivity index (χ4n) is 4.88. The van der Waals surface area contributed by atoms with Crippen LogP contribution in [0.2, 0.25) is 25.7 Å². The van der Waals surface area contributed by atoms with Crippen LogP contribution in [0.15, 0.2) is 61.1 Å². The van der Waals surface area contributed by atoms with Gasteiger partial charge in [0.2, 0.25) is 0 Å². The third-order valence-corrected chi connectivity index (χ3v) is 9.24. The molecule has 2 heterocycles. The maximum atomic E-state index is 13.7. The molecule has 10 nitrogen and oxygen atoms in total. The number of ether oxygens (including phenoxy) is 2. The Morgan fingerprint density at radius 3 is 2.56 bits per heavy atom. The van der Waals surface area contributed by atoms with E-state index in [0.717, 1.165) is 30.9 Å². The lowest BCUT2D eigenvalue weighted by Crippen LogP contribution is -2.25. The van der Waals surface area contributed by atoms with E-state index in [1.165, 1.54) is 12.1 Å². The van der Waals surface area contributed by atoms with Crippen LogP contribution in [0.25, 0.3) is 11.3 Å². The molecule has 1 amide bonds. The molecule has 5 rings (SSSR count). The summed E-state index contributed by atoms with van der Waals surface area (Å²) in [5.74, 6) is 0.511. The molecule has 43 heavy (non-hydrogen) atoms. The summed E-state index contributed by atoms with van der Waals surface area (Å²) in [6, 6.07) is 12.6. The van der Waals surface area contributed by atoms with Crippen LogP contribution in [0.4, 0.5) is 21.7 Å². The molecule has 0 aliphatic heterocycles. The molecule has 4 aromatic rings. The van der Waals surface area contributed by atoms with Crippen LogP contribution in [0, 0.1) is 11.7 Å². The first kappa shape index (κ1) is 30.2. The molecule has 2 aromatic carbocycles. The van der Waals surface area contributed by atoms with Crippen molar-refractivity contribution in [1.29, 1.82) is 0 Å². The second-order valence-corrected chi connectivity index (χ2v) is 17.7. The summed E-state index contributed by atoms with van der Waals surface area (Å²) >= 11 is 0. The smallest absolute Gasteiger partial charge is 0.254 e. The molecule has 2 aromatic heterocycles. The third kappa shape index (κ3) is 7.38. The third-order valence-electron chi connectivity index (χ3n) is 7.54. The zero-order valence-electron chi connectivity index (χ0n) is 24.7. The Kier molecular flexibility index (Phi) is 9.07. The summed E-state index contributed by atoms with van der Waals surface area (Å²) in [6.45, 7) is 7.50. The Balaban J connectivity index is 1.51. The number of carbonyl (C=O) groups is 1. The number of nitrogens with zero attached hydrogens (tertiary/aromatic N) is 4. The highest BCUT2D eigenvalue weighted by molar-refractivity contribution is 6.76. The molecular weight excluding hydrogens is 565 g/mol. The highest BCUT2D eigenvalue weighted by atomic mass is 28.3. The minimum atomic E-state index is -1.31. The highest BCUT2D eigenvalue weighted by Crippen LogP contribution is 2.43. The van der Waals surface area contributed by atoms with E-state index in [2.05, 4.69) is 34.9 Å². The largest absolute Gasteiger partial charge is 0.483 e. The van der Waals surface area contributed by atoms with Crippen molar-refractivity contribution < 1.29 is 18.7 Å². The highest BCUT2D eigenvalue weighted by Gasteiger charge is 2.31. The van der Waals surface area contributed by atoms with E-state index < -0.39 is 14.0 Å². The summed E-state index contributed by atoms with van der Waals surface area (Å²) in [4.78, 5) is 21.3. The maximum Gasteiger partial charge on any atom is 0.254 e. The SMILES string of the molecule is C[Si](C)(C)CCOCn1nc(-c2ccc(N)c(OC(c3ccc(F)cc3)C3CCC3)c2)c(C(N)=O)c1Nc1cnccn1. The van der Waals surface area contributed by atoms with E-state index in [0.29, 0.717) is 40.9 Å². The number of halogens is 1. The number of hydrogen-bond donors (Lipinski definition) is 3. The lowest BCUT2D eigenvalue weighted by molar-refractivity contribution is 0.0802. The van der Waals surface area contributed by atoms with Gasteiger partial charge >= 0.3 is 0 Å². The van der Waals surface area contributed by atoms with Gasteiger partial charge in [-0.25, -0.2) is 14.1 Å². The van der Waals surface area contributed by atoms with Crippen LogP contribution in [-0.2, 0) is 11.5 Å². The first-order valence-corrected chi connectivity index (χ1v) is 18.1. The van der Waals surface area contributed by atoms with Gasteiger partial charge in [-0.15, -0.1) is 0 Å². The molecular formula is C31H38FN7O3Si. The monoisotopic (exact) mass is 603 g/mol. The maximum absolute atomic E-state index is 13.7. The van der Waals surface area contributed by atoms with Crippen molar-refractivity contribution in [2.24, 2.45) is 11.7 Å². The number of rotatable bonds is 13. The van der Waals surface area contributed by atoms with Gasteiger partial charge in [-0.05, 0) is 48.7 Å². The first-order valence-electron chi connectivity index (χ1n) is 14.4. The van der Waals surface area contributed by atoms with E-state index >= 15 is 0 Å². The van der Waals surface area contributed by atoms with E-state index in [9.17, 15) is 9.18 Å². The second kappa shape index (κ2) is 12.9. The Bertz CT molecular complexity index is 1550.